The fourth-order valence-electron chi connectivity index (χ4n) is 5.24. The van der Waals surface area contributed by atoms with Crippen molar-refractivity contribution in [1.82, 2.24) is 19.9 Å². The minimum atomic E-state index is -0.532. The van der Waals surface area contributed by atoms with Crippen molar-refractivity contribution in [2.24, 2.45) is 5.73 Å². The van der Waals surface area contributed by atoms with Crippen molar-refractivity contribution in [2.75, 3.05) is 0 Å². The number of H-pyrrole nitrogens is 1. The van der Waals surface area contributed by atoms with Gasteiger partial charge in [0, 0.05) is 29.8 Å². The number of aromatic nitrogens is 3. The standard InChI is InChI=1S/C31H25N5O3/c1-17-20(7-5-9-27(17)36-16-34-25-8-4-3-6-23(25)31(36)39)21-12-13-24(30(32)38)29-28(21)22-11-10-19(14-26(22)35-29)15-33-18(2)37/h3-14,16,35H,15H2,1-2H3,(H2,32,38)(H,33,37). The lowest BCUT2D eigenvalue weighted by Gasteiger charge is -2.15. The molecule has 0 bridgehead atoms. The van der Waals surface area contributed by atoms with Crippen LogP contribution < -0.4 is 16.6 Å². The Hall–Kier alpha value is -5.24. The third kappa shape index (κ3) is 4.02. The van der Waals surface area contributed by atoms with E-state index in [1.165, 1.54) is 6.92 Å². The molecule has 6 rings (SSSR count). The molecule has 0 atom stereocenters. The van der Waals surface area contributed by atoms with Crippen molar-refractivity contribution < 1.29 is 9.59 Å². The molecule has 4 N–H and O–H groups in total. The summed E-state index contributed by atoms with van der Waals surface area (Å²) in [7, 11) is 0. The van der Waals surface area contributed by atoms with Gasteiger partial charge < -0.3 is 16.0 Å². The van der Waals surface area contributed by atoms with E-state index < -0.39 is 5.91 Å². The predicted octanol–water partition coefficient (Wildman–Crippen LogP) is 4.73. The zero-order chi connectivity index (χ0) is 27.3. The Balaban J connectivity index is 1.58. The summed E-state index contributed by atoms with van der Waals surface area (Å²) in [6, 6.07) is 22.6. The van der Waals surface area contributed by atoms with E-state index in [1.54, 1.807) is 23.0 Å². The Morgan fingerprint density at radius 3 is 2.59 bits per heavy atom. The number of benzene rings is 4. The lowest BCUT2D eigenvalue weighted by atomic mass is 9.93. The first-order valence-electron chi connectivity index (χ1n) is 12.5. The molecule has 0 saturated carbocycles. The van der Waals surface area contributed by atoms with E-state index in [0.29, 0.717) is 28.5 Å². The highest BCUT2D eigenvalue weighted by molar-refractivity contribution is 6.20. The van der Waals surface area contributed by atoms with Crippen LogP contribution in [-0.2, 0) is 11.3 Å². The van der Waals surface area contributed by atoms with Crippen LogP contribution in [0.3, 0.4) is 0 Å². The maximum atomic E-state index is 13.4. The number of carbonyl (C=O) groups is 2. The summed E-state index contributed by atoms with van der Waals surface area (Å²) in [4.78, 5) is 45.0. The summed E-state index contributed by atoms with van der Waals surface area (Å²) in [6.07, 6.45) is 1.56. The molecule has 2 amide bonds. The second-order valence-electron chi connectivity index (χ2n) is 9.58. The second kappa shape index (κ2) is 9.25. The molecule has 0 fully saturated rings. The van der Waals surface area contributed by atoms with Crippen LogP contribution in [0.25, 0.3) is 49.5 Å². The van der Waals surface area contributed by atoms with Gasteiger partial charge in [0.05, 0.1) is 27.7 Å². The van der Waals surface area contributed by atoms with E-state index >= 15 is 0 Å². The predicted molar refractivity (Wildman–Crippen MR) is 153 cm³/mol. The number of nitrogens with zero attached hydrogens (tertiary/aromatic N) is 2. The average Bonchev–Trinajstić information content (AvgIpc) is 3.31. The Morgan fingerprint density at radius 2 is 1.79 bits per heavy atom. The number of fused-ring (bicyclic) bond motifs is 4. The lowest BCUT2D eigenvalue weighted by Crippen LogP contribution is -2.19. The van der Waals surface area contributed by atoms with E-state index in [0.717, 1.165) is 44.2 Å². The van der Waals surface area contributed by atoms with E-state index in [4.69, 9.17) is 5.73 Å². The van der Waals surface area contributed by atoms with Crippen LogP contribution in [0.2, 0.25) is 0 Å². The number of primary amides is 1. The Morgan fingerprint density at radius 1 is 0.974 bits per heavy atom. The van der Waals surface area contributed by atoms with E-state index in [-0.39, 0.29) is 11.5 Å². The van der Waals surface area contributed by atoms with Gasteiger partial charge in [-0.25, -0.2) is 4.98 Å². The molecule has 0 spiro atoms. The molecule has 0 saturated heterocycles. The molecular weight excluding hydrogens is 490 g/mol. The number of aromatic amines is 1. The maximum absolute atomic E-state index is 13.4. The van der Waals surface area contributed by atoms with Gasteiger partial charge in [-0.3, -0.25) is 19.0 Å². The lowest BCUT2D eigenvalue weighted by molar-refractivity contribution is -0.119. The first kappa shape index (κ1) is 24.1. The smallest absolute Gasteiger partial charge is 0.265 e. The minimum Gasteiger partial charge on any atom is -0.366 e. The van der Waals surface area contributed by atoms with Crippen LogP contribution in [0.5, 0.6) is 0 Å². The van der Waals surface area contributed by atoms with Gasteiger partial charge in [0.25, 0.3) is 11.5 Å². The monoisotopic (exact) mass is 515 g/mol. The fraction of sp³-hybridized carbons (Fsp3) is 0.0968. The zero-order valence-corrected chi connectivity index (χ0v) is 21.4. The fourth-order valence-corrected chi connectivity index (χ4v) is 5.24. The normalized spacial score (nSPS) is 11.3. The van der Waals surface area contributed by atoms with Crippen LogP contribution in [0, 0.1) is 6.92 Å². The number of amides is 2. The molecule has 0 radical (unpaired) electrons. The van der Waals surface area contributed by atoms with Crippen LogP contribution in [0.15, 0.2) is 83.9 Å². The SMILES string of the molecule is CC(=O)NCc1ccc2c(c1)[nH]c1c(C(N)=O)ccc(-c3cccc(-n4cnc5ccccc5c4=O)c3C)c12. The Labute approximate surface area is 223 Å². The number of hydrogen-bond acceptors (Lipinski definition) is 4. The molecule has 4 aromatic carbocycles. The van der Waals surface area contributed by atoms with Crippen LogP contribution in [0.4, 0.5) is 0 Å². The highest BCUT2D eigenvalue weighted by atomic mass is 16.2. The molecule has 8 nitrogen and oxygen atoms in total. The molecule has 0 aliphatic rings. The molecule has 0 aliphatic carbocycles. The second-order valence-corrected chi connectivity index (χ2v) is 9.58. The summed E-state index contributed by atoms with van der Waals surface area (Å²) < 4.78 is 1.57. The Kier molecular flexibility index (Phi) is 5.72. The quantitative estimate of drug-likeness (QED) is 0.307. The summed E-state index contributed by atoms with van der Waals surface area (Å²) in [5.74, 6) is -0.642. The van der Waals surface area contributed by atoms with E-state index in [2.05, 4.69) is 15.3 Å². The van der Waals surface area contributed by atoms with Crippen molar-refractivity contribution in [1.29, 1.82) is 0 Å². The molecule has 6 aromatic rings. The van der Waals surface area contributed by atoms with Gasteiger partial charge >= 0.3 is 0 Å². The largest absolute Gasteiger partial charge is 0.366 e. The number of hydrogen-bond donors (Lipinski definition) is 3. The highest BCUT2D eigenvalue weighted by Crippen LogP contribution is 2.39. The number of rotatable bonds is 5. The first-order chi connectivity index (χ1) is 18.8. The van der Waals surface area contributed by atoms with Crippen molar-refractivity contribution in [3.63, 3.8) is 0 Å². The van der Waals surface area contributed by atoms with Crippen LogP contribution in [-0.4, -0.2) is 26.3 Å². The van der Waals surface area contributed by atoms with Gasteiger partial charge in [0.1, 0.15) is 6.33 Å². The molecule has 39 heavy (non-hydrogen) atoms. The maximum Gasteiger partial charge on any atom is 0.265 e. The average molecular weight is 516 g/mol. The summed E-state index contributed by atoms with van der Waals surface area (Å²) >= 11 is 0. The van der Waals surface area contributed by atoms with Gasteiger partial charge in [0.15, 0.2) is 0 Å². The number of para-hydroxylation sites is 1. The molecule has 8 heteroatoms. The molecule has 0 aliphatic heterocycles. The Bertz CT molecular complexity index is 2020. The summed E-state index contributed by atoms with van der Waals surface area (Å²) in [5, 5.41) is 5.14. The highest BCUT2D eigenvalue weighted by Gasteiger charge is 2.19. The summed E-state index contributed by atoms with van der Waals surface area (Å²) in [5.41, 5.74) is 12.4. The first-order valence-corrected chi connectivity index (χ1v) is 12.5. The number of carbonyl (C=O) groups excluding carboxylic acids is 2. The third-order valence-corrected chi connectivity index (χ3v) is 7.15. The van der Waals surface area contributed by atoms with Gasteiger partial charge in [-0.05, 0) is 59.5 Å². The van der Waals surface area contributed by atoms with E-state index in [1.807, 2.05) is 67.6 Å². The van der Waals surface area contributed by atoms with Crippen molar-refractivity contribution in [3.8, 4) is 16.8 Å². The van der Waals surface area contributed by atoms with Crippen LogP contribution >= 0.6 is 0 Å². The molecular formula is C31H25N5O3. The van der Waals surface area contributed by atoms with Crippen molar-refractivity contribution >= 4 is 44.5 Å². The van der Waals surface area contributed by atoms with E-state index in [9.17, 15) is 14.4 Å². The molecule has 192 valence electrons. The van der Waals surface area contributed by atoms with Gasteiger partial charge in [0.2, 0.25) is 5.91 Å². The molecule has 2 heterocycles. The number of nitrogens with one attached hydrogen (secondary N) is 2. The topological polar surface area (TPSA) is 123 Å². The molecule has 2 aromatic heterocycles. The molecule has 0 unspecified atom stereocenters. The van der Waals surface area contributed by atoms with Crippen molar-refractivity contribution in [2.45, 2.75) is 20.4 Å². The van der Waals surface area contributed by atoms with Gasteiger partial charge in [-0.1, -0.05) is 42.5 Å². The third-order valence-electron chi connectivity index (χ3n) is 7.15. The number of nitrogens with two attached hydrogens (primary N) is 1. The van der Waals surface area contributed by atoms with Crippen LogP contribution in [0.1, 0.15) is 28.4 Å². The minimum absolute atomic E-state index is 0.110. The summed E-state index contributed by atoms with van der Waals surface area (Å²) in [6.45, 7) is 3.85. The zero-order valence-electron chi connectivity index (χ0n) is 21.4. The van der Waals surface area contributed by atoms with Gasteiger partial charge in [-0.2, -0.15) is 0 Å². The van der Waals surface area contributed by atoms with Crippen molar-refractivity contribution in [3.05, 3.63) is 106 Å². The van der Waals surface area contributed by atoms with Gasteiger partial charge in [-0.15, -0.1) is 0 Å².